The molecule has 18 heavy (non-hydrogen) atoms. The van der Waals surface area contributed by atoms with Crippen molar-refractivity contribution in [1.82, 2.24) is 20.4 Å². The molecule has 0 saturated carbocycles. The maximum Gasteiger partial charge on any atom is 0.213 e. The zero-order valence-corrected chi connectivity index (χ0v) is 11.4. The van der Waals surface area contributed by atoms with Crippen molar-refractivity contribution in [2.75, 3.05) is 18.0 Å². The number of anilines is 1. The number of aromatic nitrogens is 3. The molecule has 1 N–H and O–H groups in total. The average Bonchev–Trinajstić information content (AvgIpc) is 3.03. The fourth-order valence-electron chi connectivity index (χ4n) is 1.59. The Morgan fingerprint density at radius 1 is 1.28 bits per heavy atom. The van der Waals surface area contributed by atoms with Crippen LogP contribution in [-0.4, -0.2) is 28.2 Å². The van der Waals surface area contributed by atoms with Crippen LogP contribution in [-0.2, 0) is 13.1 Å². The molecule has 0 unspecified atom stereocenters. The Morgan fingerprint density at radius 2 is 2.11 bits per heavy atom. The molecule has 2 rings (SSSR count). The summed E-state index contributed by atoms with van der Waals surface area (Å²) in [6, 6.07) is 0. The molecule has 0 saturated heterocycles. The Balaban J connectivity index is 1.83. The zero-order valence-electron chi connectivity index (χ0n) is 10.6. The summed E-state index contributed by atoms with van der Waals surface area (Å²) < 4.78 is 4.66. The molecule has 0 amide bonds. The molecule has 7 heteroatoms. The van der Waals surface area contributed by atoms with Gasteiger partial charge in [-0.3, -0.25) is 0 Å². The van der Waals surface area contributed by atoms with Gasteiger partial charge in [0.1, 0.15) is 0 Å². The van der Waals surface area contributed by atoms with Gasteiger partial charge in [-0.1, -0.05) is 5.16 Å². The molecule has 2 aromatic rings. The second kappa shape index (κ2) is 6.46. The molecule has 2 heterocycles. The van der Waals surface area contributed by atoms with Crippen molar-refractivity contribution < 1.29 is 4.52 Å². The van der Waals surface area contributed by atoms with Crippen molar-refractivity contribution in [3.63, 3.8) is 0 Å². The fourth-order valence-corrected chi connectivity index (χ4v) is 2.59. The lowest BCUT2D eigenvalue weighted by Crippen LogP contribution is -2.21. The molecule has 2 aromatic heterocycles. The van der Waals surface area contributed by atoms with E-state index in [1.807, 2.05) is 6.20 Å². The van der Waals surface area contributed by atoms with Crippen LogP contribution in [0.3, 0.4) is 0 Å². The Kier molecular flexibility index (Phi) is 4.66. The van der Waals surface area contributed by atoms with E-state index in [-0.39, 0.29) is 0 Å². The summed E-state index contributed by atoms with van der Waals surface area (Å²) in [5, 5.41) is 8.08. The highest BCUT2D eigenvalue weighted by Gasteiger charge is 2.07. The Hall–Kier alpha value is -1.47. The van der Waals surface area contributed by atoms with Gasteiger partial charge in [0, 0.05) is 30.7 Å². The van der Waals surface area contributed by atoms with Crippen LogP contribution in [0.25, 0.3) is 0 Å². The van der Waals surface area contributed by atoms with Gasteiger partial charge in [-0.05, 0) is 13.8 Å². The van der Waals surface area contributed by atoms with Crippen molar-refractivity contribution in [1.29, 1.82) is 0 Å². The Labute approximate surface area is 110 Å². The van der Waals surface area contributed by atoms with E-state index in [9.17, 15) is 0 Å². The summed E-state index contributed by atoms with van der Waals surface area (Å²) in [5.74, 6) is 0.670. The highest BCUT2D eigenvalue weighted by atomic mass is 32.1. The van der Waals surface area contributed by atoms with Crippen molar-refractivity contribution in [2.24, 2.45) is 0 Å². The van der Waals surface area contributed by atoms with Gasteiger partial charge in [0.25, 0.3) is 0 Å². The topological polar surface area (TPSA) is 67.1 Å². The average molecular weight is 267 g/mol. The summed E-state index contributed by atoms with van der Waals surface area (Å²) in [6.45, 7) is 7.63. The van der Waals surface area contributed by atoms with Crippen molar-refractivity contribution in [2.45, 2.75) is 26.9 Å². The van der Waals surface area contributed by atoms with Crippen LogP contribution in [0.4, 0.5) is 5.13 Å². The van der Waals surface area contributed by atoms with Gasteiger partial charge < -0.3 is 14.7 Å². The summed E-state index contributed by atoms with van der Waals surface area (Å²) in [6.07, 6.45) is 3.25. The molecule has 0 atom stereocenters. The molecule has 0 bridgehead atoms. The van der Waals surface area contributed by atoms with Gasteiger partial charge in [0.15, 0.2) is 11.0 Å². The second-order valence-corrected chi connectivity index (χ2v) is 4.83. The first-order valence-corrected chi connectivity index (χ1v) is 6.80. The normalized spacial score (nSPS) is 10.8. The molecular formula is C11H17N5OS. The molecule has 0 fully saturated rings. The van der Waals surface area contributed by atoms with Crippen LogP contribution in [0.1, 0.15) is 24.5 Å². The van der Waals surface area contributed by atoms with E-state index in [1.165, 1.54) is 11.3 Å². The first-order chi connectivity index (χ1) is 8.83. The van der Waals surface area contributed by atoms with Gasteiger partial charge in [-0.2, -0.15) is 4.98 Å². The number of thiazole rings is 1. The fraction of sp³-hybridized carbons (Fsp3) is 0.545. The lowest BCUT2D eigenvalue weighted by Gasteiger charge is -2.16. The maximum atomic E-state index is 4.66. The van der Waals surface area contributed by atoms with Gasteiger partial charge in [-0.15, -0.1) is 11.3 Å². The minimum Gasteiger partial charge on any atom is -0.349 e. The highest BCUT2D eigenvalue weighted by Crippen LogP contribution is 2.21. The molecule has 0 aliphatic rings. The minimum atomic E-state index is 0.606. The number of hydrogen-bond donors (Lipinski definition) is 1. The largest absolute Gasteiger partial charge is 0.349 e. The molecule has 0 radical (unpaired) electrons. The molecule has 0 aliphatic carbocycles. The summed E-state index contributed by atoms with van der Waals surface area (Å²) in [4.78, 5) is 11.8. The highest BCUT2D eigenvalue weighted by molar-refractivity contribution is 7.15. The van der Waals surface area contributed by atoms with E-state index in [0.717, 1.165) is 24.8 Å². The van der Waals surface area contributed by atoms with Crippen LogP contribution >= 0.6 is 11.3 Å². The first kappa shape index (κ1) is 13.0. The second-order valence-electron chi connectivity index (χ2n) is 3.73. The molecular weight excluding hydrogens is 250 g/mol. The van der Waals surface area contributed by atoms with Crippen molar-refractivity contribution in [3.8, 4) is 0 Å². The predicted octanol–water partition coefficient (Wildman–Crippen LogP) is 1.66. The smallest absolute Gasteiger partial charge is 0.213 e. The third kappa shape index (κ3) is 3.27. The lowest BCUT2D eigenvalue weighted by molar-refractivity contribution is 0.407. The van der Waals surface area contributed by atoms with Crippen LogP contribution in [0.15, 0.2) is 17.1 Å². The molecule has 6 nitrogen and oxygen atoms in total. The van der Waals surface area contributed by atoms with Crippen LogP contribution in [0.5, 0.6) is 0 Å². The SMILES string of the molecule is CCN(CC)c1ncc(CNCc2ncon2)s1. The van der Waals surface area contributed by atoms with E-state index in [2.05, 4.69) is 43.7 Å². The Bertz CT molecular complexity index is 452. The van der Waals surface area contributed by atoms with E-state index in [1.54, 1.807) is 11.3 Å². The standard InChI is InChI=1S/C11H17N5OS/c1-3-16(4-2)11-13-6-9(18-11)5-12-7-10-14-8-17-15-10/h6,8,12H,3-5,7H2,1-2H3. The summed E-state index contributed by atoms with van der Waals surface area (Å²) >= 11 is 1.72. The van der Waals surface area contributed by atoms with E-state index in [4.69, 9.17) is 0 Å². The molecule has 0 aliphatic heterocycles. The number of nitrogens with one attached hydrogen (secondary N) is 1. The van der Waals surface area contributed by atoms with Gasteiger partial charge >= 0.3 is 0 Å². The van der Waals surface area contributed by atoms with E-state index in [0.29, 0.717) is 12.4 Å². The predicted molar refractivity (Wildman–Crippen MR) is 70.5 cm³/mol. The van der Waals surface area contributed by atoms with E-state index < -0.39 is 0 Å². The third-order valence-corrected chi connectivity index (χ3v) is 3.62. The maximum absolute atomic E-state index is 4.66. The van der Waals surface area contributed by atoms with Crippen LogP contribution in [0, 0.1) is 0 Å². The quantitative estimate of drug-likeness (QED) is 0.823. The molecule has 0 spiro atoms. The monoisotopic (exact) mass is 267 g/mol. The zero-order chi connectivity index (χ0) is 12.8. The number of hydrogen-bond acceptors (Lipinski definition) is 7. The van der Waals surface area contributed by atoms with Crippen molar-refractivity contribution in [3.05, 3.63) is 23.3 Å². The van der Waals surface area contributed by atoms with Crippen molar-refractivity contribution >= 4 is 16.5 Å². The lowest BCUT2D eigenvalue weighted by atomic mass is 10.5. The van der Waals surface area contributed by atoms with Crippen LogP contribution < -0.4 is 10.2 Å². The molecule has 0 aromatic carbocycles. The van der Waals surface area contributed by atoms with Gasteiger partial charge in [-0.25, -0.2) is 4.98 Å². The first-order valence-electron chi connectivity index (χ1n) is 5.99. The van der Waals surface area contributed by atoms with E-state index >= 15 is 0 Å². The minimum absolute atomic E-state index is 0.606. The van der Waals surface area contributed by atoms with Crippen LogP contribution in [0.2, 0.25) is 0 Å². The summed E-state index contributed by atoms with van der Waals surface area (Å²) in [5.41, 5.74) is 0. The number of nitrogens with zero attached hydrogens (tertiary/aromatic N) is 4. The molecule has 98 valence electrons. The number of rotatable bonds is 7. The Morgan fingerprint density at radius 3 is 2.78 bits per heavy atom. The van der Waals surface area contributed by atoms with Gasteiger partial charge in [0.2, 0.25) is 6.39 Å². The van der Waals surface area contributed by atoms with Gasteiger partial charge in [0.05, 0.1) is 6.54 Å². The third-order valence-electron chi connectivity index (χ3n) is 2.56. The summed E-state index contributed by atoms with van der Waals surface area (Å²) in [7, 11) is 0.